The molecular formula is C10H10ClN5O4S. The molecule has 3 heterocycles. The Kier molecular flexibility index (Phi) is 3.40. The van der Waals surface area contributed by atoms with Crippen molar-refractivity contribution in [2.24, 2.45) is 0 Å². The number of rotatable bonds is 2. The molecule has 1 saturated heterocycles. The number of nitrogens with zero attached hydrogens (tertiary/aromatic N) is 4. The fraction of sp³-hybridized carbons (Fsp3) is 0.400. The molecule has 9 nitrogen and oxygen atoms in total. The molecule has 0 bridgehead atoms. The van der Waals surface area contributed by atoms with Crippen LogP contribution in [0.25, 0.3) is 11.2 Å². The van der Waals surface area contributed by atoms with E-state index in [0.29, 0.717) is 5.52 Å². The molecule has 0 radical (unpaired) electrons. The van der Waals surface area contributed by atoms with E-state index in [9.17, 15) is 15.0 Å². The van der Waals surface area contributed by atoms with Gasteiger partial charge in [0.05, 0.1) is 6.33 Å². The summed E-state index contributed by atoms with van der Waals surface area (Å²) in [6, 6.07) is 0. The van der Waals surface area contributed by atoms with Crippen molar-refractivity contribution in [3.63, 3.8) is 0 Å². The van der Waals surface area contributed by atoms with Crippen molar-refractivity contribution in [3.8, 4) is 0 Å². The largest absolute Gasteiger partial charge is 0.480 e. The lowest BCUT2D eigenvalue weighted by molar-refractivity contribution is -0.139. The number of imidazole rings is 1. The fourth-order valence-electron chi connectivity index (χ4n) is 2.19. The number of carboxylic acid groups (broad SMARTS) is 1. The second-order valence-electron chi connectivity index (χ2n) is 4.47. The molecular weight excluding hydrogens is 322 g/mol. The number of nitrogens with two attached hydrogens (primary N) is 1. The highest BCUT2D eigenvalue weighted by atomic mass is 35.5. The topological polar surface area (TPSA) is 147 Å². The summed E-state index contributed by atoms with van der Waals surface area (Å²) in [6.45, 7) is 0. The third-order valence-corrected chi connectivity index (χ3v) is 4.90. The predicted molar refractivity (Wildman–Crippen MR) is 74.8 cm³/mol. The van der Waals surface area contributed by atoms with Crippen LogP contribution in [0.2, 0.25) is 5.28 Å². The number of thioether (sulfide) groups is 1. The molecule has 4 unspecified atom stereocenters. The number of nitrogen functional groups attached to an aromatic ring is 1. The zero-order valence-electron chi connectivity index (χ0n) is 10.3. The molecule has 0 aliphatic carbocycles. The number of hydrogen-bond acceptors (Lipinski definition) is 8. The van der Waals surface area contributed by atoms with Crippen molar-refractivity contribution in [1.29, 1.82) is 0 Å². The van der Waals surface area contributed by atoms with Crippen molar-refractivity contribution >= 4 is 46.3 Å². The van der Waals surface area contributed by atoms with Crippen LogP contribution < -0.4 is 5.73 Å². The third-order valence-electron chi connectivity index (χ3n) is 3.18. The van der Waals surface area contributed by atoms with Gasteiger partial charge in [0.1, 0.15) is 28.3 Å². The first kappa shape index (κ1) is 14.3. The number of halogens is 1. The summed E-state index contributed by atoms with van der Waals surface area (Å²) in [4.78, 5) is 22.8. The van der Waals surface area contributed by atoms with Gasteiger partial charge in [-0.25, -0.2) is 4.98 Å². The van der Waals surface area contributed by atoms with Gasteiger partial charge in [0, 0.05) is 0 Å². The van der Waals surface area contributed by atoms with Crippen LogP contribution >= 0.6 is 23.4 Å². The Labute approximate surface area is 126 Å². The van der Waals surface area contributed by atoms with E-state index in [0.717, 1.165) is 11.8 Å². The summed E-state index contributed by atoms with van der Waals surface area (Å²) in [6.07, 6.45) is -1.34. The minimum Gasteiger partial charge on any atom is -0.480 e. The molecule has 112 valence electrons. The Bertz CT molecular complexity index is 725. The molecule has 1 fully saturated rings. The Morgan fingerprint density at radius 3 is 2.71 bits per heavy atom. The molecule has 3 rings (SSSR count). The smallest absolute Gasteiger partial charge is 0.319 e. The van der Waals surface area contributed by atoms with Gasteiger partial charge in [-0.15, -0.1) is 11.8 Å². The average Bonchev–Trinajstić information content (AvgIpc) is 2.93. The van der Waals surface area contributed by atoms with Crippen LogP contribution in [0.4, 0.5) is 5.82 Å². The van der Waals surface area contributed by atoms with Gasteiger partial charge < -0.3 is 21.1 Å². The van der Waals surface area contributed by atoms with Gasteiger partial charge in [-0.2, -0.15) is 9.97 Å². The van der Waals surface area contributed by atoms with Crippen LogP contribution in [0, 0.1) is 0 Å². The number of aliphatic hydroxyl groups is 2. The van der Waals surface area contributed by atoms with E-state index in [1.54, 1.807) is 0 Å². The average molecular weight is 332 g/mol. The van der Waals surface area contributed by atoms with E-state index >= 15 is 0 Å². The van der Waals surface area contributed by atoms with Crippen LogP contribution in [-0.4, -0.2) is 58.3 Å². The number of aliphatic hydroxyl groups excluding tert-OH is 2. The summed E-state index contributed by atoms with van der Waals surface area (Å²) >= 11 is 6.65. The van der Waals surface area contributed by atoms with E-state index in [-0.39, 0.29) is 16.7 Å². The molecule has 2 aromatic heterocycles. The Hall–Kier alpha value is -1.62. The highest BCUT2D eigenvalue weighted by Gasteiger charge is 2.47. The first-order valence-electron chi connectivity index (χ1n) is 5.80. The Balaban J connectivity index is 2.07. The fourth-order valence-corrected chi connectivity index (χ4v) is 3.71. The van der Waals surface area contributed by atoms with E-state index in [2.05, 4.69) is 15.0 Å². The molecule has 1 aliphatic heterocycles. The van der Waals surface area contributed by atoms with Crippen molar-refractivity contribution in [2.75, 3.05) is 5.73 Å². The van der Waals surface area contributed by atoms with Crippen LogP contribution in [0.3, 0.4) is 0 Å². The molecule has 0 amide bonds. The van der Waals surface area contributed by atoms with E-state index < -0.39 is 28.8 Å². The maximum atomic E-state index is 11.1. The van der Waals surface area contributed by atoms with Gasteiger partial charge in [-0.05, 0) is 11.6 Å². The normalized spacial score (nSPS) is 29.1. The lowest BCUT2D eigenvalue weighted by Gasteiger charge is -2.16. The van der Waals surface area contributed by atoms with E-state index in [1.165, 1.54) is 10.9 Å². The molecule has 2 aromatic rings. The molecule has 0 saturated carbocycles. The summed E-state index contributed by atoms with van der Waals surface area (Å²) < 4.78 is 1.43. The molecule has 0 spiro atoms. The number of hydrogen-bond donors (Lipinski definition) is 4. The highest BCUT2D eigenvalue weighted by molar-refractivity contribution is 8.01. The van der Waals surface area contributed by atoms with Crippen molar-refractivity contribution in [2.45, 2.75) is 22.8 Å². The number of carboxylic acids is 1. The monoisotopic (exact) mass is 331 g/mol. The van der Waals surface area contributed by atoms with Gasteiger partial charge in [0.2, 0.25) is 5.28 Å². The first-order chi connectivity index (χ1) is 9.90. The molecule has 4 atom stereocenters. The molecule has 5 N–H and O–H groups in total. The second kappa shape index (κ2) is 4.98. The van der Waals surface area contributed by atoms with Gasteiger partial charge >= 0.3 is 5.97 Å². The van der Waals surface area contributed by atoms with E-state index in [1.807, 2.05) is 0 Å². The minimum atomic E-state index is -1.40. The van der Waals surface area contributed by atoms with Gasteiger partial charge in [-0.3, -0.25) is 9.36 Å². The lowest BCUT2D eigenvalue weighted by atomic mass is 10.1. The van der Waals surface area contributed by atoms with Crippen LogP contribution in [0.5, 0.6) is 0 Å². The minimum absolute atomic E-state index is 0.0802. The quantitative estimate of drug-likeness (QED) is 0.533. The summed E-state index contributed by atoms with van der Waals surface area (Å²) in [5.74, 6) is -1.12. The first-order valence-corrected chi connectivity index (χ1v) is 7.12. The van der Waals surface area contributed by atoms with Gasteiger partial charge in [0.25, 0.3) is 0 Å². The lowest BCUT2D eigenvalue weighted by Crippen LogP contribution is -2.35. The highest BCUT2D eigenvalue weighted by Crippen LogP contribution is 2.43. The van der Waals surface area contributed by atoms with E-state index in [4.69, 9.17) is 22.4 Å². The zero-order chi connectivity index (χ0) is 15.3. The van der Waals surface area contributed by atoms with Crippen LogP contribution in [-0.2, 0) is 4.79 Å². The van der Waals surface area contributed by atoms with Crippen molar-refractivity contribution < 1.29 is 20.1 Å². The summed E-state index contributed by atoms with van der Waals surface area (Å²) in [7, 11) is 0. The second-order valence-corrected chi connectivity index (χ2v) is 6.07. The number of aromatic nitrogens is 4. The maximum Gasteiger partial charge on any atom is 0.319 e. The predicted octanol–water partition coefficient (Wildman–Crippen LogP) is -0.518. The Morgan fingerprint density at radius 2 is 2.10 bits per heavy atom. The summed E-state index contributed by atoms with van der Waals surface area (Å²) in [5, 5.41) is 26.9. The zero-order valence-corrected chi connectivity index (χ0v) is 11.9. The number of fused-ring (bicyclic) bond motifs is 1. The molecule has 0 aromatic carbocycles. The molecule has 21 heavy (non-hydrogen) atoms. The van der Waals surface area contributed by atoms with Crippen LogP contribution in [0.1, 0.15) is 5.37 Å². The number of aliphatic carboxylic acids is 1. The molecule has 1 aliphatic rings. The van der Waals surface area contributed by atoms with Crippen LogP contribution in [0.15, 0.2) is 6.33 Å². The van der Waals surface area contributed by atoms with Crippen molar-refractivity contribution in [3.05, 3.63) is 11.6 Å². The SMILES string of the molecule is Nc1nc(Cl)nc2c1ncn2C1SC(C(=O)O)C(O)C1O. The Morgan fingerprint density at radius 1 is 1.38 bits per heavy atom. The standard InChI is InChI=1S/C10H10ClN5O4S/c11-10-14-6(12)2-7(15-10)16(1-13-2)8-4(18)3(17)5(21-8)9(19)20/h1,3-5,8,17-18H,(H,19,20)(H2,12,14,15). The van der Waals surface area contributed by atoms with Gasteiger partial charge in [0.15, 0.2) is 11.5 Å². The number of carbonyl (C=O) groups is 1. The summed E-state index contributed by atoms with van der Waals surface area (Å²) in [5.41, 5.74) is 6.24. The maximum absolute atomic E-state index is 11.1. The van der Waals surface area contributed by atoms with Crippen molar-refractivity contribution in [1.82, 2.24) is 19.5 Å². The number of anilines is 1. The van der Waals surface area contributed by atoms with Gasteiger partial charge in [-0.1, -0.05) is 0 Å². The third kappa shape index (κ3) is 2.20. The molecule has 11 heteroatoms.